The van der Waals surface area contributed by atoms with Crippen molar-refractivity contribution in [1.29, 1.82) is 5.26 Å². The Morgan fingerprint density at radius 3 is 2.39 bits per heavy atom. The van der Waals surface area contributed by atoms with Crippen molar-refractivity contribution in [2.24, 2.45) is 0 Å². The Kier molecular flexibility index (Phi) is 5.26. The van der Waals surface area contributed by atoms with E-state index >= 15 is 0 Å². The third-order valence-electron chi connectivity index (χ3n) is 4.69. The van der Waals surface area contributed by atoms with Gasteiger partial charge >= 0.3 is 0 Å². The first-order chi connectivity index (χ1) is 13.8. The maximum atomic E-state index is 9.35. The highest BCUT2D eigenvalue weighted by Gasteiger charge is 2.08. The van der Waals surface area contributed by atoms with Crippen molar-refractivity contribution in [3.8, 4) is 11.8 Å². The van der Waals surface area contributed by atoms with Crippen LogP contribution in [0.5, 0.6) is 5.75 Å². The molecule has 0 N–H and O–H groups in total. The number of hydrogen-bond acceptors (Lipinski definition) is 3. The van der Waals surface area contributed by atoms with Crippen molar-refractivity contribution >= 4 is 10.9 Å². The normalized spacial score (nSPS) is 12.9. The van der Waals surface area contributed by atoms with Crippen LogP contribution >= 0.6 is 0 Å². The predicted molar refractivity (Wildman–Crippen MR) is 112 cm³/mol. The maximum absolute atomic E-state index is 9.35. The Hall–Kier alpha value is -3.71. The highest BCUT2D eigenvalue weighted by Crippen LogP contribution is 2.22. The standard InChI is InChI=1S/C24H21N3O/c25-17-21-19-27(24-8-4-3-7-23(21)24)18-20-9-11-22(12-10-20)28-16-15-26-13-5-1-2-6-14-26/h1-14,19H,15-16,18H2. The van der Waals surface area contributed by atoms with E-state index in [-0.39, 0.29) is 0 Å². The molecule has 0 atom stereocenters. The van der Waals surface area contributed by atoms with Gasteiger partial charge in [-0.3, -0.25) is 0 Å². The number of rotatable bonds is 6. The number of para-hydroxylation sites is 1. The Morgan fingerprint density at radius 2 is 1.64 bits per heavy atom. The third kappa shape index (κ3) is 3.99. The molecule has 0 unspecified atom stereocenters. The number of aromatic nitrogens is 1. The van der Waals surface area contributed by atoms with E-state index in [0.29, 0.717) is 12.2 Å². The molecule has 0 saturated heterocycles. The van der Waals surface area contributed by atoms with Crippen molar-refractivity contribution in [1.82, 2.24) is 9.47 Å². The van der Waals surface area contributed by atoms with E-state index in [4.69, 9.17) is 4.74 Å². The van der Waals surface area contributed by atoms with E-state index in [1.807, 2.05) is 73.2 Å². The van der Waals surface area contributed by atoms with Crippen LogP contribution in [0.25, 0.3) is 10.9 Å². The lowest BCUT2D eigenvalue weighted by Crippen LogP contribution is -2.17. The van der Waals surface area contributed by atoms with Crippen LogP contribution in [0.1, 0.15) is 11.1 Å². The molecule has 138 valence electrons. The van der Waals surface area contributed by atoms with Crippen LogP contribution in [0.15, 0.2) is 91.4 Å². The molecule has 0 spiro atoms. The highest BCUT2D eigenvalue weighted by atomic mass is 16.5. The van der Waals surface area contributed by atoms with Gasteiger partial charge in [0, 0.05) is 36.0 Å². The van der Waals surface area contributed by atoms with Gasteiger partial charge in [-0.1, -0.05) is 42.5 Å². The predicted octanol–water partition coefficient (Wildman–Crippen LogP) is 4.84. The van der Waals surface area contributed by atoms with Gasteiger partial charge in [0.1, 0.15) is 18.4 Å². The summed E-state index contributed by atoms with van der Waals surface area (Å²) in [6.07, 6.45) is 14.0. The number of ether oxygens (including phenoxy) is 1. The number of nitriles is 1. The number of fused-ring (bicyclic) bond motifs is 1. The van der Waals surface area contributed by atoms with Gasteiger partial charge < -0.3 is 14.2 Å². The fourth-order valence-electron chi connectivity index (χ4n) is 3.27. The molecule has 1 aromatic heterocycles. The monoisotopic (exact) mass is 367 g/mol. The lowest BCUT2D eigenvalue weighted by atomic mass is 10.2. The van der Waals surface area contributed by atoms with E-state index in [1.54, 1.807) is 0 Å². The number of hydrogen-bond donors (Lipinski definition) is 0. The minimum atomic E-state index is 0.613. The molecule has 0 amide bonds. The van der Waals surface area contributed by atoms with E-state index in [0.717, 1.165) is 29.7 Å². The molecule has 0 radical (unpaired) electrons. The van der Waals surface area contributed by atoms with Crippen LogP contribution in [-0.2, 0) is 6.54 Å². The Morgan fingerprint density at radius 1 is 0.893 bits per heavy atom. The first kappa shape index (κ1) is 17.7. The lowest BCUT2D eigenvalue weighted by molar-refractivity contribution is 0.284. The lowest BCUT2D eigenvalue weighted by Gasteiger charge is -2.15. The first-order valence-electron chi connectivity index (χ1n) is 9.30. The SMILES string of the molecule is N#Cc1cn(Cc2ccc(OCCN3C=CC=CC=C3)cc2)c2ccccc12. The number of benzene rings is 2. The van der Waals surface area contributed by atoms with Crippen LogP contribution in [0, 0.1) is 11.3 Å². The largest absolute Gasteiger partial charge is 0.492 e. The van der Waals surface area contributed by atoms with Gasteiger partial charge in [-0.05, 0) is 35.9 Å². The van der Waals surface area contributed by atoms with Gasteiger partial charge in [-0.15, -0.1) is 0 Å². The molecule has 3 aromatic rings. The van der Waals surface area contributed by atoms with Crippen LogP contribution in [0.4, 0.5) is 0 Å². The van der Waals surface area contributed by atoms with Crippen molar-refractivity contribution < 1.29 is 4.74 Å². The number of allylic oxidation sites excluding steroid dienone is 4. The Labute approximate surface area is 164 Å². The van der Waals surface area contributed by atoms with Gasteiger partial charge in [-0.25, -0.2) is 0 Å². The minimum Gasteiger partial charge on any atom is -0.492 e. The Balaban J connectivity index is 1.38. The molecule has 4 rings (SSSR count). The number of nitrogens with zero attached hydrogens (tertiary/aromatic N) is 3. The second-order valence-corrected chi connectivity index (χ2v) is 6.60. The van der Waals surface area contributed by atoms with Crippen LogP contribution in [0.3, 0.4) is 0 Å². The van der Waals surface area contributed by atoms with Crippen LogP contribution in [0.2, 0.25) is 0 Å². The summed E-state index contributed by atoms with van der Waals surface area (Å²) in [6, 6.07) is 18.4. The van der Waals surface area contributed by atoms with Crippen molar-refractivity contribution in [2.45, 2.75) is 6.54 Å². The quantitative estimate of drug-likeness (QED) is 0.626. The molecular formula is C24H21N3O. The van der Waals surface area contributed by atoms with Crippen LogP contribution < -0.4 is 4.74 Å². The summed E-state index contributed by atoms with van der Waals surface area (Å²) >= 11 is 0. The maximum Gasteiger partial charge on any atom is 0.119 e. The molecule has 0 saturated carbocycles. The Bertz CT molecular complexity index is 1070. The van der Waals surface area contributed by atoms with Gasteiger partial charge in [0.2, 0.25) is 0 Å². The molecule has 2 heterocycles. The smallest absolute Gasteiger partial charge is 0.119 e. The zero-order chi connectivity index (χ0) is 19.2. The topological polar surface area (TPSA) is 41.2 Å². The summed E-state index contributed by atoms with van der Waals surface area (Å²) in [4.78, 5) is 2.10. The molecule has 1 aliphatic heterocycles. The second kappa shape index (κ2) is 8.32. The van der Waals surface area contributed by atoms with Crippen molar-refractivity contribution in [3.63, 3.8) is 0 Å². The van der Waals surface area contributed by atoms with E-state index in [9.17, 15) is 5.26 Å². The summed E-state index contributed by atoms with van der Waals surface area (Å²) in [5.74, 6) is 0.861. The molecule has 2 aromatic carbocycles. The zero-order valence-corrected chi connectivity index (χ0v) is 15.5. The van der Waals surface area contributed by atoms with Gasteiger partial charge in [-0.2, -0.15) is 5.26 Å². The van der Waals surface area contributed by atoms with Gasteiger partial charge in [0.05, 0.1) is 12.1 Å². The van der Waals surface area contributed by atoms with E-state index in [2.05, 4.69) is 33.7 Å². The summed E-state index contributed by atoms with van der Waals surface area (Å²) in [7, 11) is 0. The highest BCUT2D eigenvalue weighted by molar-refractivity contribution is 5.86. The third-order valence-corrected chi connectivity index (χ3v) is 4.69. The molecule has 0 fully saturated rings. The van der Waals surface area contributed by atoms with Gasteiger partial charge in [0.25, 0.3) is 0 Å². The molecule has 0 aliphatic carbocycles. The fraction of sp³-hybridized carbons (Fsp3) is 0.125. The van der Waals surface area contributed by atoms with Gasteiger partial charge in [0.15, 0.2) is 0 Å². The molecule has 28 heavy (non-hydrogen) atoms. The van der Waals surface area contributed by atoms with Crippen LogP contribution in [-0.4, -0.2) is 22.6 Å². The summed E-state index contributed by atoms with van der Waals surface area (Å²) in [5, 5.41) is 10.3. The molecule has 4 heteroatoms. The zero-order valence-electron chi connectivity index (χ0n) is 15.5. The minimum absolute atomic E-state index is 0.613. The molecule has 4 nitrogen and oxygen atoms in total. The molecule has 0 bridgehead atoms. The van der Waals surface area contributed by atoms with E-state index in [1.165, 1.54) is 5.56 Å². The fourth-order valence-corrected chi connectivity index (χ4v) is 3.27. The second-order valence-electron chi connectivity index (χ2n) is 6.60. The average Bonchev–Trinajstić information content (AvgIpc) is 2.89. The summed E-state index contributed by atoms with van der Waals surface area (Å²) < 4.78 is 7.99. The first-order valence-corrected chi connectivity index (χ1v) is 9.30. The molecule has 1 aliphatic rings. The van der Waals surface area contributed by atoms with Crippen molar-refractivity contribution in [2.75, 3.05) is 13.2 Å². The summed E-state index contributed by atoms with van der Waals surface area (Å²) in [6.45, 7) is 2.13. The molecular weight excluding hydrogens is 346 g/mol. The summed E-state index contributed by atoms with van der Waals surface area (Å²) in [5.41, 5.74) is 2.96. The van der Waals surface area contributed by atoms with Crippen molar-refractivity contribution in [3.05, 3.63) is 103 Å². The average molecular weight is 367 g/mol. The van der Waals surface area contributed by atoms with E-state index < -0.39 is 0 Å².